The second kappa shape index (κ2) is 9.20. The Labute approximate surface area is 149 Å². The Bertz CT molecular complexity index is 418. The lowest BCUT2D eigenvalue weighted by molar-refractivity contribution is -0.390. The van der Waals surface area contributed by atoms with Gasteiger partial charge in [0.1, 0.15) is 0 Å². The Kier molecular flexibility index (Phi) is 8.97. The Morgan fingerprint density at radius 3 is 1.58 bits per heavy atom. The summed E-state index contributed by atoms with van der Waals surface area (Å²) >= 11 is 0. The van der Waals surface area contributed by atoms with Gasteiger partial charge in [0.2, 0.25) is 0 Å². The summed E-state index contributed by atoms with van der Waals surface area (Å²) in [4.78, 5) is 22.1. The summed E-state index contributed by atoms with van der Waals surface area (Å²) in [6.07, 6.45) is 4.13. The minimum atomic E-state index is -0.732. The third-order valence-electron chi connectivity index (χ3n) is 2.86. The average molecular weight is 343 g/mol. The zero-order valence-corrected chi connectivity index (χ0v) is 17.5. The molecular formula is C20H38O4. The highest BCUT2D eigenvalue weighted by atomic mass is 17.2. The first kappa shape index (κ1) is 23.4. The van der Waals surface area contributed by atoms with Crippen LogP contribution in [-0.4, -0.2) is 22.4 Å². The van der Waals surface area contributed by atoms with Crippen molar-refractivity contribution < 1.29 is 19.6 Å². The predicted molar refractivity (Wildman–Crippen MR) is 98.2 cm³/mol. The molecule has 0 radical (unpaired) electrons. The van der Waals surface area contributed by atoms with Crippen molar-refractivity contribution in [2.45, 2.75) is 117 Å². The molecule has 0 fully saturated rings. The second-order valence-corrected chi connectivity index (χ2v) is 9.01. The normalized spacial score (nSPS) is 15.6. The molecule has 0 aliphatic carbocycles. The van der Waals surface area contributed by atoms with Crippen LogP contribution >= 0.6 is 0 Å². The molecule has 0 aliphatic rings. The van der Waals surface area contributed by atoms with E-state index in [1.54, 1.807) is 0 Å². The molecule has 1 unspecified atom stereocenters. The molecule has 24 heavy (non-hydrogen) atoms. The summed E-state index contributed by atoms with van der Waals surface area (Å²) in [7, 11) is 0. The van der Waals surface area contributed by atoms with Crippen LogP contribution in [0.3, 0.4) is 0 Å². The number of hydrogen-bond donors (Lipinski definition) is 0. The van der Waals surface area contributed by atoms with Crippen molar-refractivity contribution in [1.82, 2.24) is 0 Å². The van der Waals surface area contributed by atoms with E-state index in [2.05, 4.69) is 18.8 Å². The van der Waals surface area contributed by atoms with Gasteiger partial charge in [0, 0.05) is 0 Å². The highest BCUT2D eigenvalue weighted by Crippen LogP contribution is 2.23. The molecule has 0 spiro atoms. The van der Waals surface area contributed by atoms with Crippen molar-refractivity contribution in [3.05, 3.63) is 0 Å². The molecule has 142 valence electrons. The molecule has 0 aromatic rings. The standard InChI is InChI=1S/C20H38O4/c1-11-12-13-14-20(10,24-22-18(5,6)7)16-15-19(8,9)23-21-17(2,3)4/h11-14H2,1-10H3. The van der Waals surface area contributed by atoms with Gasteiger partial charge in [-0.25, -0.2) is 19.6 Å². The van der Waals surface area contributed by atoms with Gasteiger partial charge in [0.25, 0.3) is 0 Å². The Balaban J connectivity index is 5.02. The molecular weight excluding hydrogens is 304 g/mol. The lowest BCUT2D eigenvalue weighted by Crippen LogP contribution is -2.34. The summed E-state index contributed by atoms with van der Waals surface area (Å²) in [6, 6.07) is 0. The highest BCUT2D eigenvalue weighted by molar-refractivity contribution is 5.19. The zero-order valence-electron chi connectivity index (χ0n) is 17.5. The third-order valence-corrected chi connectivity index (χ3v) is 2.86. The minimum absolute atomic E-state index is 0.380. The topological polar surface area (TPSA) is 36.9 Å². The van der Waals surface area contributed by atoms with Gasteiger partial charge in [-0.05, 0) is 75.2 Å². The summed E-state index contributed by atoms with van der Waals surface area (Å²) in [5.41, 5.74) is -2.17. The molecule has 1 atom stereocenters. The van der Waals surface area contributed by atoms with Gasteiger partial charge < -0.3 is 0 Å². The van der Waals surface area contributed by atoms with E-state index < -0.39 is 11.2 Å². The highest BCUT2D eigenvalue weighted by Gasteiger charge is 2.28. The maximum atomic E-state index is 5.71. The predicted octanol–water partition coefficient (Wildman–Crippen LogP) is 5.60. The molecule has 4 nitrogen and oxygen atoms in total. The van der Waals surface area contributed by atoms with Gasteiger partial charge in [-0.2, -0.15) is 0 Å². The molecule has 0 aliphatic heterocycles. The molecule has 0 N–H and O–H groups in total. The molecule has 0 aromatic carbocycles. The number of unbranched alkanes of at least 4 members (excludes halogenated alkanes) is 2. The summed E-state index contributed by atoms with van der Waals surface area (Å²) in [6.45, 7) is 19.6. The number of rotatable bonds is 8. The Morgan fingerprint density at radius 2 is 1.12 bits per heavy atom. The summed E-state index contributed by atoms with van der Waals surface area (Å²) in [5.74, 6) is 6.34. The van der Waals surface area contributed by atoms with Crippen LogP contribution in [-0.2, 0) is 19.6 Å². The molecule has 0 heterocycles. The van der Waals surface area contributed by atoms with Gasteiger partial charge in [-0.3, -0.25) is 0 Å². The summed E-state index contributed by atoms with van der Waals surface area (Å²) in [5, 5.41) is 0. The van der Waals surface area contributed by atoms with Crippen molar-refractivity contribution in [3.63, 3.8) is 0 Å². The monoisotopic (exact) mass is 342 g/mol. The minimum Gasteiger partial charge on any atom is -0.229 e. The van der Waals surface area contributed by atoms with E-state index in [0.29, 0.717) is 0 Å². The van der Waals surface area contributed by atoms with Crippen LogP contribution in [0.15, 0.2) is 0 Å². The summed E-state index contributed by atoms with van der Waals surface area (Å²) < 4.78 is 0. The molecule has 0 bridgehead atoms. The fourth-order valence-corrected chi connectivity index (χ4v) is 1.59. The van der Waals surface area contributed by atoms with Crippen molar-refractivity contribution >= 4 is 0 Å². The van der Waals surface area contributed by atoms with Crippen LogP contribution in [0.1, 0.15) is 94.9 Å². The van der Waals surface area contributed by atoms with Crippen molar-refractivity contribution in [2.75, 3.05) is 0 Å². The van der Waals surface area contributed by atoms with Gasteiger partial charge >= 0.3 is 0 Å². The van der Waals surface area contributed by atoms with Crippen LogP contribution in [0.4, 0.5) is 0 Å². The van der Waals surface area contributed by atoms with Crippen molar-refractivity contribution in [3.8, 4) is 11.8 Å². The van der Waals surface area contributed by atoms with E-state index in [1.165, 1.54) is 0 Å². The third kappa shape index (κ3) is 12.8. The van der Waals surface area contributed by atoms with Gasteiger partial charge in [-0.15, -0.1) is 0 Å². The smallest absolute Gasteiger partial charge is 0.161 e. The largest absolute Gasteiger partial charge is 0.229 e. The Morgan fingerprint density at radius 1 is 0.625 bits per heavy atom. The fraction of sp³-hybridized carbons (Fsp3) is 0.900. The van der Waals surface area contributed by atoms with E-state index in [1.807, 2.05) is 62.3 Å². The molecule has 0 saturated heterocycles. The lowest BCUT2D eigenvalue weighted by atomic mass is 9.97. The first-order valence-corrected chi connectivity index (χ1v) is 8.96. The maximum Gasteiger partial charge on any atom is 0.161 e. The van der Waals surface area contributed by atoms with Crippen LogP contribution < -0.4 is 0 Å². The van der Waals surface area contributed by atoms with Crippen LogP contribution in [0.2, 0.25) is 0 Å². The molecule has 0 saturated carbocycles. The van der Waals surface area contributed by atoms with Crippen LogP contribution in [0.5, 0.6) is 0 Å². The van der Waals surface area contributed by atoms with Gasteiger partial charge in [0.05, 0.1) is 11.2 Å². The van der Waals surface area contributed by atoms with Crippen LogP contribution in [0.25, 0.3) is 0 Å². The average Bonchev–Trinajstić information content (AvgIpc) is 2.41. The fourth-order valence-electron chi connectivity index (χ4n) is 1.59. The quantitative estimate of drug-likeness (QED) is 0.249. The molecule has 0 rings (SSSR count). The van der Waals surface area contributed by atoms with Crippen LogP contribution in [0, 0.1) is 11.8 Å². The lowest BCUT2D eigenvalue weighted by Gasteiger charge is -2.29. The van der Waals surface area contributed by atoms with Crippen molar-refractivity contribution in [2.24, 2.45) is 0 Å². The van der Waals surface area contributed by atoms with Gasteiger partial charge in [-0.1, -0.05) is 31.6 Å². The van der Waals surface area contributed by atoms with E-state index in [4.69, 9.17) is 19.6 Å². The Hall–Kier alpha value is -0.600. The first-order valence-electron chi connectivity index (χ1n) is 8.96. The first-order chi connectivity index (χ1) is 10.7. The SMILES string of the molecule is CCCCCC(C)(C#CC(C)(C)OOC(C)(C)C)OOC(C)(C)C. The molecule has 4 heteroatoms. The van der Waals surface area contributed by atoms with E-state index >= 15 is 0 Å². The molecule has 0 amide bonds. The van der Waals surface area contributed by atoms with E-state index in [-0.39, 0.29) is 11.2 Å². The second-order valence-electron chi connectivity index (χ2n) is 9.01. The van der Waals surface area contributed by atoms with E-state index in [0.717, 1.165) is 25.7 Å². The molecule has 0 aromatic heterocycles. The van der Waals surface area contributed by atoms with E-state index in [9.17, 15) is 0 Å². The number of hydrogen-bond acceptors (Lipinski definition) is 4. The van der Waals surface area contributed by atoms with Crippen molar-refractivity contribution in [1.29, 1.82) is 0 Å². The maximum absolute atomic E-state index is 5.71. The zero-order chi connectivity index (χ0) is 19.1. The van der Waals surface area contributed by atoms with Gasteiger partial charge in [0.15, 0.2) is 11.2 Å².